The number of carbonyl (C=O) groups excluding carboxylic acids is 1. The van der Waals surface area contributed by atoms with Crippen LogP contribution in [0, 0.1) is 0 Å². The molecule has 132 valence electrons. The second kappa shape index (κ2) is 7.63. The van der Waals surface area contributed by atoms with Crippen molar-refractivity contribution in [2.75, 3.05) is 19.6 Å². The first-order valence-corrected chi connectivity index (χ1v) is 10.0. The summed E-state index contributed by atoms with van der Waals surface area (Å²) in [6, 6.07) is 9.76. The number of amides is 1. The first kappa shape index (κ1) is 17.4. The molecule has 2 aliphatic rings. The summed E-state index contributed by atoms with van der Waals surface area (Å²) in [5.41, 5.74) is 0.957. The predicted octanol–water partition coefficient (Wildman–Crippen LogP) is 1.50. The minimum atomic E-state index is -3.59. The fourth-order valence-corrected chi connectivity index (χ4v) is 5.07. The number of benzene rings is 1. The molecule has 0 unspecified atom stereocenters. The van der Waals surface area contributed by atoms with Gasteiger partial charge in [0.05, 0.1) is 6.54 Å². The molecule has 7 heteroatoms. The molecule has 6 nitrogen and oxygen atoms in total. The molecule has 1 aliphatic heterocycles. The summed E-state index contributed by atoms with van der Waals surface area (Å²) in [5.74, 6) is -0.188. The van der Waals surface area contributed by atoms with Crippen molar-refractivity contribution in [1.29, 1.82) is 0 Å². The lowest BCUT2D eigenvalue weighted by atomic mass is 10.2. The summed E-state index contributed by atoms with van der Waals surface area (Å²) >= 11 is 0. The Balaban J connectivity index is 1.62. The standard InChI is InChI=1S/C17H25N3O3S/c21-17(18-16-9-4-5-10-16)14-20-12-6-11-19(24(20,22)23)13-15-7-2-1-3-8-15/h1-3,7-8,16H,4-6,9-14H2,(H,18,21). The van der Waals surface area contributed by atoms with Gasteiger partial charge in [0.15, 0.2) is 0 Å². The lowest BCUT2D eigenvalue weighted by Gasteiger charge is -2.34. The topological polar surface area (TPSA) is 69.7 Å². The molecule has 1 amide bonds. The van der Waals surface area contributed by atoms with Gasteiger partial charge in [0.25, 0.3) is 10.2 Å². The molecular formula is C17H25N3O3S. The fraction of sp³-hybridized carbons (Fsp3) is 0.588. The Morgan fingerprint density at radius 2 is 1.71 bits per heavy atom. The molecule has 1 aliphatic carbocycles. The molecule has 1 aromatic carbocycles. The van der Waals surface area contributed by atoms with Crippen LogP contribution in [0.4, 0.5) is 0 Å². The lowest BCUT2D eigenvalue weighted by Crippen LogP contribution is -2.52. The van der Waals surface area contributed by atoms with Gasteiger partial charge in [-0.25, -0.2) is 0 Å². The monoisotopic (exact) mass is 351 g/mol. The molecule has 1 saturated carbocycles. The Kier molecular flexibility index (Phi) is 5.53. The molecule has 0 radical (unpaired) electrons. The Labute approximate surface area is 144 Å². The van der Waals surface area contributed by atoms with Crippen LogP contribution in [0.2, 0.25) is 0 Å². The van der Waals surface area contributed by atoms with Gasteiger partial charge >= 0.3 is 0 Å². The molecular weight excluding hydrogens is 326 g/mol. The molecule has 0 atom stereocenters. The number of carbonyl (C=O) groups is 1. The second-order valence-corrected chi connectivity index (χ2v) is 8.49. The normalized spacial score (nSPS) is 22.5. The second-order valence-electron chi connectivity index (χ2n) is 6.56. The highest BCUT2D eigenvalue weighted by molar-refractivity contribution is 7.86. The minimum Gasteiger partial charge on any atom is -0.352 e. The Morgan fingerprint density at radius 3 is 2.42 bits per heavy atom. The Hall–Kier alpha value is -1.44. The number of nitrogens with zero attached hydrogens (tertiary/aromatic N) is 2. The van der Waals surface area contributed by atoms with Gasteiger partial charge in [-0.3, -0.25) is 4.79 Å². The quantitative estimate of drug-likeness (QED) is 0.874. The van der Waals surface area contributed by atoms with E-state index in [2.05, 4.69) is 5.32 Å². The van der Waals surface area contributed by atoms with Gasteiger partial charge < -0.3 is 5.32 Å². The number of nitrogens with one attached hydrogen (secondary N) is 1. The summed E-state index contributed by atoms with van der Waals surface area (Å²) < 4.78 is 28.3. The van der Waals surface area contributed by atoms with E-state index >= 15 is 0 Å². The first-order valence-electron chi connectivity index (χ1n) is 8.64. The smallest absolute Gasteiger partial charge is 0.282 e. The van der Waals surface area contributed by atoms with Crippen molar-refractivity contribution >= 4 is 16.1 Å². The maximum absolute atomic E-state index is 12.8. The van der Waals surface area contributed by atoms with Crippen molar-refractivity contribution in [3.63, 3.8) is 0 Å². The van der Waals surface area contributed by atoms with Gasteiger partial charge in [0.2, 0.25) is 5.91 Å². The van der Waals surface area contributed by atoms with Crippen LogP contribution in [0.15, 0.2) is 30.3 Å². The van der Waals surface area contributed by atoms with Crippen molar-refractivity contribution in [2.24, 2.45) is 0 Å². The van der Waals surface area contributed by atoms with Crippen LogP contribution in [-0.2, 0) is 21.5 Å². The lowest BCUT2D eigenvalue weighted by molar-refractivity contribution is -0.122. The molecule has 3 rings (SSSR count). The summed E-state index contributed by atoms with van der Waals surface area (Å²) in [6.45, 7) is 1.18. The fourth-order valence-electron chi connectivity index (χ4n) is 3.43. The number of rotatable bonds is 5. The maximum Gasteiger partial charge on any atom is 0.282 e. The third-order valence-electron chi connectivity index (χ3n) is 4.71. The van der Waals surface area contributed by atoms with E-state index in [1.165, 1.54) is 8.61 Å². The van der Waals surface area contributed by atoms with E-state index in [9.17, 15) is 13.2 Å². The van der Waals surface area contributed by atoms with Crippen LogP contribution in [0.1, 0.15) is 37.7 Å². The molecule has 0 aromatic heterocycles. The first-order chi connectivity index (χ1) is 11.6. The third-order valence-corrected chi connectivity index (χ3v) is 6.64. The summed E-state index contributed by atoms with van der Waals surface area (Å²) in [6.07, 6.45) is 5.01. The molecule has 1 aromatic rings. The summed E-state index contributed by atoms with van der Waals surface area (Å²) in [7, 11) is -3.59. The zero-order valence-corrected chi connectivity index (χ0v) is 14.7. The Bertz CT molecular complexity index is 657. The van der Waals surface area contributed by atoms with E-state index in [4.69, 9.17) is 0 Å². The average molecular weight is 351 g/mol. The minimum absolute atomic E-state index is 0.0792. The number of hydrogen-bond donors (Lipinski definition) is 1. The molecule has 1 N–H and O–H groups in total. The predicted molar refractivity (Wildman–Crippen MR) is 92.4 cm³/mol. The van der Waals surface area contributed by atoms with Gasteiger partial charge in [0.1, 0.15) is 0 Å². The van der Waals surface area contributed by atoms with Crippen LogP contribution in [0.5, 0.6) is 0 Å². The van der Waals surface area contributed by atoms with E-state index in [-0.39, 0.29) is 18.5 Å². The largest absolute Gasteiger partial charge is 0.352 e. The van der Waals surface area contributed by atoms with Gasteiger partial charge in [-0.05, 0) is 24.8 Å². The highest BCUT2D eigenvalue weighted by atomic mass is 32.2. The van der Waals surface area contributed by atoms with Gasteiger partial charge in [-0.15, -0.1) is 0 Å². The van der Waals surface area contributed by atoms with Crippen LogP contribution in [-0.4, -0.2) is 48.6 Å². The van der Waals surface area contributed by atoms with E-state index in [1.807, 2.05) is 30.3 Å². The molecule has 1 saturated heterocycles. The van der Waals surface area contributed by atoms with Crippen LogP contribution in [0.3, 0.4) is 0 Å². The van der Waals surface area contributed by atoms with Crippen LogP contribution in [0.25, 0.3) is 0 Å². The average Bonchev–Trinajstić information content (AvgIpc) is 3.05. The van der Waals surface area contributed by atoms with Gasteiger partial charge in [0, 0.05) is 25.7 Å². The SMILES string of the molecule is O=C(CN1CCCN(Cc2ccccc2)S1(=O)=O)NC1CCCC1. The molecule has 0 spiro atoms. The van der Waals surface area contributed by atoms with Crippen molar-refractivity contribution < 1.29 is 13.2 Å². The van der Waals surface area contributed by atoms with Crippen molar-refractivity contribution in [3.05, 3.63) is 35.9 Å². The zero-order valence-electron chi connectivity index (χ0n) is 13.9. The highest BCUT2D eigenvalue weighted by Crippen LogP contribution is 2.20. The molecule has 2 fully saturated rings. The molecule has 0 bridgehead atoms. The van der Waals surface area contributed by atoms with E-state index in [0.29, 0.717) is 19.6 Å². The van der Waals surface area contributed by atoms with Crippen molar-refractivity contribution in [2.45, 2.75) is 44.7 Å². The molecule has 1 heterocycles. The van der Waals surface area contributed by atoms with Gasteiger partial charge in [-0.1, -0.05) is 43.2 Å². The van der Waals surface area contributed by atoms with Gasteiger partial charge in [-0.2, -0.15) is 17.0 Å². The van der Waals surface area contributed by atoms with Crippen LogP contribution >= 0.6 is 0 Å². The van der Waals surface area contributed by atoms with Crippen molar-refractivity contribution in [3.8, 4) is 0 Å². The summed E-state index contributed by atoms with van der Waals surface area (Å²) in [4.78, 5) is 12.2. The maximum atomic E-state index is 12.8. The van der Waals surface area contributed by atoms with Crippen LogP contribution < -0.4 is 5.32 Å². The summed E-state index contributed by atoms with van der Waals surface area (Å²) in [5, 5.41) is 2.96. The van der Waals surface area contributed by atoms with Crippen molar-refractivity contribution in [1.82, 2.24) is 13.9 Å². The molecule has 24 heavy (non-hydrogen) atoms. The highest BCUT2D eigenvalue weighted by Gasteiger charge is 2.35. The van der Waals surface area contributed by atoms with E-state index < -0.39 is 10.2 Å². The zero-order chi connectivity index (χ0) is 17.0. The third kappa shape index (κ3) is 4.15. The number of hydrogen-bond acceptors (Lipinski definition) is 3. The Morgan fingerprint density at radius 1 is 1.04 bits per heavy atom. The van der Waals surface area contributed by atoms with E-state index in [0.717, 1.165) is 37.7 Å². The van der Waals surface area contributed by atoms with E-state index in [1.54, 1.807) is 0 Å².